The first-order chi connectivity index (χ1) is 8.06. The van der Waals surface area contributed by atoms with E-state index in [0.717, 1.165) is 18.7 Å². The summed E-state index contributed by atoms with van der Waals surface area (Å²) in [5, 5.41) is 14.7. The summed E-state index contributed by atoms with van der Waals surface area (Å²) in [6.07, 6.45) is 3.34. The molecule has 5 nitrogen and oxygen atoms in total. The number of rotatable bonds is 6. The summed E-state index contributed by atoms with van der Waals surface area (Å²) in [6.45, 7) is 2.82. The minimum Gasteiger partial charge on any atom is -0.480 e. The van der Waals surface area contributed by atoms with Gasteiger partial charge in [-0.1, -0.05) is 6.92 Å². The van der Waals surface area contributed by atoms with Crippen LogP contribution in [-0.2, 0) is 9.59 Å². The number of hydrogen-bond donors (Lipinski definition) is 3. The maximum Gasteiger partial charge on any atom is 0.326 e. The Bertz CT molecular complexity index is 286. The van der Waals surface area contributed by atoms with E-state index < -0.39 is 12.0 Å². The number of thioether (sulfide) groups is 1. The van der Waals surface area contributed by atoms with Crippen LogP contribution in [0.1, 0.15) is 19.8 Å². The number of carbonyl (C=O) groups is 2. The monoisotopic (exact) mass is 260 g/mol. The topological polar surface area (TPSA) is 78.4 Å². The Balaban J connectivity index is 2.48. The summed E-state index contributed by atoms with van der Waals surface area (Å²) < 4.78 is 0. The van der Waals surface area contributed by atoms with Gasteiger partial charge in [-0.05, 0) is 37.3 Å². The van der Waals surface area contributed by atoms with Gasteiger partial charge in [0.2, 0.25) is 5.91 Å². The number of nitrogens with one attached hydrogen (secondary N) is 2. The maximum absolute atomic E-state index is 11.9. The first kappa shape index (κ1) is 14.3. The Labute approximate surface area is 106 Å². The van der Waals surface area contributed by atoms with Crippen molar-refractivity contribution in [3.8, 4) is 0 Å². The number of carboxylic acid groups (broad SMARTS) is 1. The van der Waals surface area contributed by atoms with Crippen LogP contribution >= 0.6 is 11.8 Å². The second kappa shape index (κ2) is 6.86. The third-order valence-corrected chi connectivity index (χ3v) is 3.68. The average molecular weight is 260 g/mol. The van der Waals surface area contributed by atoms with Crippen molar-refractivity contribution in [2.45, 2.75) is 31.8 Å². The second-order valence-electron chi connectivity index (χ2n) is 4.38. The molecule has 0 aromatic heterocycles. The molecule has 0 bridgehead atoms. The molecule has 0 aromatic carbocycles. The summed E-state index contributed by atoms with van der Waals surface area (Å²) in [4.78, 5) is 22.9. The lowest BCUT2D eigenvalue weighted by Gasteiger charge is -2.19. The molecule has 98 valence electrons. The van der Waals surface area contributed by atoms with Crippen molar-refractivity contribution in [2.24, 2.45) is 5.92 Å². The van der Waals surface area contributed by atoms with Crippen LogP contribution in [0.5, 0.6) is 0 Å². The summed E-state index contributed by atoms with van der Waals surface area (Å²) >= 11 is 1.58. The zero-order valence-electron chi connectivity index (χ0n) is 10.2. The van der Waals surface area contributed by atoms with Crippen LogP contribution in [0.4, 0.5) is 0 Å². The van der Waals surface area contributed by atoms with E-state index in [1.807, 2.05) is 13.2 Å². The predicted molar refractivity (Wildman–Crippen MR) is 68.1 cm³/mol. The van der Waals surface area contributed by atoms with E-state index in [1.165, 1.54) is 0 Å². The molecule has 1 saturated heterocycles. The second-order valence-corrected chi connectivity index (χ2v) is 5.36. The van der Waals surface area contributed by atoms with Gasteiger partial charge in [0.05, 0.1) is 6.04 Å². The Morgan fingerprint density at radius 1 is 1.59 bits per heavy atom. The van der Waals surface area contributed by atoms with E-state index in [2.05, 4.69) is 10.6 Å². The normalized spacial score (nSPS) is 25.5. The van der Waals surface area contributed by atoms with Gasteiger partial charge < -0.3 is 15.7 Å². The Morgan fingerprint density at radius 2 is 2.29 bits per heavy atom. The molecule has 1 aliphatic heterocycles. The lowest BCUT2D eigenvalue weighted by Crippen LogP contribution is -2.50. The molecule has 3 N–H and O–H groups in total. The minimum atomic E-state index is -0.960. The molecule has 1 heterocycles. The Morgan fingerprint density at radius 3 is 2.76 bits per heavy atom. The Kier molecular flexibility index (Phi) is 5.77. The van der Waals surface area contributed by atoms with Gasteiger partial charge >= 0.3 is 5.97 Å². The standard InChI is InChI=1S/C11H20N2O3S/c1-7-3-5-12-9(7)10(14)13-8(11(15)16)4-6-17-2/h7-9,12H,3-6H2,1-2H3,(H,13,14)(H,15,16). The fourth-order valence-corrected chi connectivity index (χ4v) is 2.41. The van der Waals surface area contributed by atoms with Crippen LogP contribution in [0, 0.1) is 5.92 Å². The number of carboxylic acids is 1. The largest absolute Gasteiger partial charge is 0.480 e. The van der Waals surface area contributed by atoms with Gasteiger partial charge in [0.1, 0.15) is 6.04 Å². The van der Waals surface area contributed by atoms with Crippen molar-refractivity contribution in [2.75, 3.05) is 18.6 Å². The molecule has 3 unspecified atom stereocenters. The molecule has 3 atom stereocenters. The molecule has 1 aliphatic rings. The molecule has 0 radical (unpaired) electrons. The molecule has 1 fully saturated rings. The van der Waals surface area contributed by atoms with Crippen molar-refractivity contribution in [1.29, 1.82) is 0 Å². The molecule has 0 spiro atoms. The predicted octanol–water partition coefficient (Wildman–Crippen LogP) is 0.307. The van der Waals surface area contributed by atoms with Crippen molar-refractivity contribution >= 4 is 23.6 Å². The first-order valence-electron chi connectivity index (χ1n) is 5.81. The molecule has 1 rings (SSSR count). The van der Waals surface area contributed by atoms with E-state index in [4.69, 9.17) is 5.11 Å². The lowest BCUT2D eigenvalue weighted by atomic mass is 10.0. The van der Waals surface area contributed by atoms with Gasteiger partial charge in [-0.3, -0.25) is 4.79 Å². The number of carbonyl (C=O) groups excluding carboxylic acids is 1. The zero-order chi connectivity index (χ0) is 12.8. The first-order valence-corrected chi connectivity index (χ1v) is 7.21. The van der Waals surface area contributed by atoms with E-state index in [9.17, 15) is 9.59 Å². The lowest BCUT2D eigenvalue weighted by molar-refractivity contribution is -0.142. The summed E-state index contributed by atoms with van der Waals surface area (Å²) in [5.41, 5.74) is 0. The quantitative estimate of drug-likeness (QED) is 0.640. The SMILES string of the molecule is CSCCC(NC(=O)C1NCCC1C)C(=O)O. The molecular formula is C11H20N2O3S. The molecule has 0 saturated carbocycles. The fourth-order valence-electron chi connectivity index (χ4n) is 1.94. The van der Waals surface area contributed by atoms with Crippen molar-refractivity contribution in [3.05, 3.63) is 0 Å². The summed E-state index contributed by atoms with van der Waals surface area (Å²) in [5.74, 6) is -0.156. The van der Waals surface area contributed by atoms with Gasteiger partial charge in [-0.2, -0.15) is 11.8 Å². The molecule has 17 heavy (non-hydrogen) atoms. The number of amides is 1. The van der Waals surface area contributed by atoms with Crippen LogP contribution in [0.2, 0.25) is 0 Å². The van der Waals surface area contributed by atoms with Crippen molar-refractivity contribution in [1.82, 2.24) is 10.6 Å². The summed E-state index contributed by atoms with van der Waals surface area (Å²) in [6, 6.07) is -1.02. The molecular weight excluding hydrogens is 240 g/mol. The smallest absolute Gasteiger partial charge is 0.326 e. The van der Waals surface area contributed by atoms with E-state index >= 15 is 0 Å². The van der Waals surface area contributed by atoms with E-state index in [0.29, 0.717) is 6.42 Å². The molecule has 1 amide bonds. The Hall–Kier alpha value is -0.750. The van der Waals surface area contributed by atoms with E-state index in [-0.39, 0.29) is 17.9 Å². The highest BCUT2D eigenvalue weighted by Gasteiger charge is 2.31. The van der Waals surface area contributed by atoms with Crippen LogP contribution in [0.25, 0.3) is 0 Å². The molecule has 0 aliphatic carbocycles. The van der Waals surface area contributed by atoms with Gasteiger partial charge in [-0.25, -0.2) is 4.79 Å². The third-order valence-electron chi connectivity index (χ3n) is 3.04. The van der Waals surface area contributed by atoms with Crippen molar-refractivity contribution < 1.29 is 14.7 Å². The van der Waals surface area contributed by atoms with Gasteiger partial charge in [0, 0.05) is 0 Å². The zero-order valence-corrected chi connectivity index (χ0v) is 11.0. The highest BCUT2D eigenvalue weighted by molar-refractivity contribution is 7.98. The van der Waals surface area contributed by atoms with Crippen LogP contribution in [0.3, 0.4) is 0 Å². The summed E-state index contributed by atoms with van der Waals surface area (Å²) in [7, 11) is 0. The average Bonchev–Trinajstić information content (AvgIpc) is 2.70. The number of aliphatic carboxylic acids is 1. The third kappa shape index (κ3) is 4.20. The minimum absolute atomic E-state index is 0.191. The maximum atomic E-state index is 11.9. The van der Waals surface area contributed by atoms with Gasteiger partial charge in [0.15, 0.2) is 0 Å². The highest BCUT2D eigenvalue weighted by Crippen LogP contribution is 2.14. The van der Waals surface area contributed by atoms with Gasteiger partial charge in [0.25, 0.3) is 0 Å². The van der Waals surface area contributed by atoms with E-state index in [1.54, 1.807) is 11.8 Å². The van der Waals surface area contributed by atoms with Crippen LogP contribution < -0.4 is 10.6 Å². The van der Waals surface area contributed by atoms with Crippen molar-refractivity contribution in [3.63, 3.8) is 0 Å². The molecule has 0 aromatic rings. The van der Waals surface area contributed by atoms with Crippen LogP contribution in [0.15, 0.2) is 0 Å². The highest BCUT2D eigenvalue weighted by atomic mass is 32.2. The molecule has 6 heteroatoms. The van der Waals surface area contributed by atoms with Gasteiger partial charge in [-0.15, -0.1) is 0 Å². The van der Waals surface area contributed by atoms with Crippen LogP contribution in [-0.4, -0.2) is 47.6 Å². The number of hydrogen-bond acceptors (Lipinski definition) is 4. The fraction of sp³-hybridized carbons (Fsp3) is 0.818.